The molecule has 2 N–H and O–H groups in total. The number of rotatable bonds is 2. The summed E-state index contributed by atoms with van der Waals surface area (Å²) in [6.45, 7) is 0. The van der Waals surface area contributed by atoms with E-state index in [1.807, 2.05) is 0 Å². The van der Waals surface area contributed by atoms with Crippen LogP contribution in [0.5, 0.6) is 0 Å². The van der Waals surface area contributed by atoms with Gasteiger partial charge in [0.25, 0.3) is 5.91 Å². The molecule has 0 spiro atoms. The van der Waals surface area contributed by atoms with Crippen molar-refractivity contribution in [2.45, 2.75) is 18.9 Å². The van der Waals surface area contributed by atoms with E-state index in [2.05, 4.69) is 0 Å². The molecule has 1 aliphatic carbocycles. The van der Waals surface area contributed by atoms with Gasteiger partial charge in [0.15, 0.2) is 0 Å². The highest BCUT2D eigenvalue weighted by molar-refractivity contribution is 5.94. The van der Waals surface area contributed by atoms with E-state index in [9.17, 15) is 13.6 Å². The van der Waals surface area contributed by atoms with Gasteiger partial charge in [-0.3, -0.25) is 4.79 Å². The van der Waals surface area contributed by atoms with E-state index < -0.39 is 17.3 Å². The lowest BCUT2D eigenvalue weighted by atomic mass is 10.1. The Morgan fingerprint density at radius 2 is 1.88 bits per heavy atom. The van der Waals surface area contributed by atoms with Crippen LogP contribution in [-0.2, 0) is 0 Å². The van der Waals surface area contributed by atoms with Crippen LogP contribution in [0.15, 0.2) is 12.1 Å². The molecule has 1 amide bonds. The van der Waals surface area contributed by atoms with Crippen LogP contribution in [-0.4, -0.2) is 23.9 Å². The normalized spacial score (nSPS) is 14.9. The first-order valence-corrected chi connectivity index (χ1v) is 5.02. The van der Waals surface area contributed by atoms with E-state index >= 15 is 0 Å². The summed E-state index contributed by atoms with van der Waals surface area (Å²) in [5.74, 6) is -2.17. The number of nitrogens with two attached hydrogens (primary N) is 1. The second-order valence-corrected chi connectivity index (χ2v) is 4.00. The third-order valence-corrected chi connectivity index (χ3v) is 2.74. The second-order valence-electron chi connectivity index (χ2n) is 4.00. The number of nitrogen functional groups attached to an aromatic ring is 1. The number of carbonyl (C=O) groups is 1. The molecule has 16 heavy (non-hydrogen) atoms. The average molecular weight is 226 g/mol. The van der Waals surface area contributed by atoms with Crippen molar-refractivity contribution in [3.8, 4) is 0 Å². The minimum Gasteiger partial charge on any atom is -0.394 e. The molecule has 1 aromatic rings. The predicted molar refractivity (Wildman–Crippen MR) is 55.9 cm³/mol. The molecule has 0 saturated heterocycles. The second kappa shape index (κ2) is 3.73. The Balaban J connectivity index is 2.29. The van der Waals surface area contributed by atoms with Crippen LogP contribution >= 0.6 is 0 Å². The molecule has 5 heteroatoms. The zero-order chi connectivity index (χ0) is 11.9. The van der Waals surface area contributed by atoms with Crippen LogP contribution in [0.3, 0.4) is 0 Å². The lowest BCUT2D eigenvalue weighted by molar-refractivity contribution is 0.0784. The zero-order valence-corrected chi connectivity index (χ0v) is 8.84. The number of hydrogen-bond donors (Lipinski definition) is 1. The first-order valence-electron chi connectivity index (χ1n) is 5.02. The molecule has 1 aromatic carbocycles. The van der Waals surface area contributed by atoms with E-state index in [0.717, 1.165) is 25.0 Å². The fourth-order valence-electron chi connectivity index (χ4n) is 1.54. The van der Waals surface area contributed by atoms with Crippen LogP contribution in [0.2, 0.25) is 0 Å². The van der Waals surface area contributed by atoms with Gasteiger partial charge in [-0.1, -0.05) is 0 Å². The molecule has 0 aromatic heterocycles. The molecular formula is C11H12F2N2O. The monoisotopic (exact) mass is 226 g/mol. The Hall–Kier alpha value is -1.65. The van der Waals surface area contributed by atoms with Crippen molar-refractivity contribution >= 4 is 11.6 Å². The summed E-state index contributed by atoms with van der Waals surface area (Å²) < 4.78 is 26.3. The summed E-state index contributed by atoms with van der Waals surface area (Å²) in [7, 11) is 1.63. The van der Waals surface area contributed by atoms with E-state index in [1.54, 1.807) is 7.05 Å². The lowest BCUT2D eigenvalue weighted by Crippen LogP contribution is -2.29. The van der Waals surface area contributed by atoms with Crippen LogP contribution in [0, 0.1) is 11.6 Å². The van der Waals surface area contributed by atoms with Gasteiger partial charge < -0.3 is 10.6 Å². The van der Waals surface area contributed by atoms with E-state index in [0.29, 0.717) is 0 Å². The van der Waals surface area contributed by atoms with Crippen molar-refractivity contribution in [1.82, 2.24) is 4.90 Å². The van der Waals surface area contributed by atoms with Gasteiger partial charge >= 0.3 is 0 Å². The fourth-order valence-corrected chi connectivity index (χ4v) is 1.54. The number of halogens is 2. The summed E-state index contributed by atoms with van der Waals surface area (Å²) in [6.07, 6.45) is 1.89. The Bertz CT molecular complexity index is 421. The minimum absolute atomic E-state index is 0.00130. The molecule has 0 atom stereocenters. The highest BCUT2D eigenvalue weighted by Crippen LogP contribution is 2.27. The van der Waals surface area contributed by atoms with Crippen LogP contribution in [0.25, 0.3) is 0 Å². The summed E-state index contributed by atoms with van der Waals surface area (Å²) in [6, 6.07) is 2.15. The van der Waals surface area contributed by atoms with Gasteiger partial charge in [-0.05, 0) is 25.0 Å². The largest absolute Gasteiger partial charge is 0.394 e. The highest BCUT2D eigenvalue weighted by Gasteiger charge is 2.30. The number of anilines is 1. The van der Waals surface area contributed by atoms with E-state index in [1.165, 1.54) is 4.90 Å². The highest BCUT2D eigenvalue weighted by atomic mass is 19.1. The van der Waals surface area contributed by atoms with Crippen molar-refractivity contribution in [2.75, 3.05) is 12.8 Å². The predicted octanol–water partition coefficient (Wildman–Crippen LogP) is 1.78. The molecule has 0 heterocycles. The van der Waals surface area contributed by atoms with E-state index in [-0.39, 0.29) is 17.5 Å². The molecular weight excluding hydrogens is 214 g/mol. The third-order valence-electron chi connectivity index (χ3n) is 2.74. The molecule has 1 aliphatic rings. The quantitative estimate of drug-likeness (QED) is 0.781. The summed E-state index contributed by atoms with van der Waals surface area (Å²) in [5.41, 5.74) is 4.57. The third kappa shape index (κ3) is 1.85. The first kappa shape index (κ1) is 10.9. The van der Waals surface area contributed by atoms with Gasteiger partial charge in [0.1, 0.15) is 17.3 Å². The SMILES string of the molecule is CN(C(=O)c1cc(F)c(N)c(F)c1)C1CC1. The number of carbonyl (C=O) groups excluding carboxylic acids is 1. The van der Waals surface area contributed by atoms with Crippen LogP contribution in [0.4, 0.5) is 14.5 Å². The van der Waals surface area contributed by atoms with Crippen molar-refractivity contribution in [3.63, 3.8) is 0 Å². The molecule has 1 fully saturated rings. The summed E-state index contributed by atoms with van der Waals surface area (Å²) in [5, 5.41) is 0. The van der Waals surface area contributed by atoms with Crippen molar-refractivity contribution in [1.29, 1.82) is 0 Å². The molecule has 2 rings (SSSR count). The maximum absolute atomic E-state index is 13.1. The summed E-state index contributed by atoms with van der Waals surface area (Å²) in [4.78, 5) is 13.3. The topological polar surface area (TPSA) is 46.3 Å². The molecule has 0 radical (unpaired) electrons. The maximum atomic E-state index is 13.1. The number of amides is 1. The van der Waals surface area contributed by atoms with Crippen molar-refractivity contribution < 1.29 is 13.6 Å². The zero-order valence-electron chi connectivity index (χ0n) is 8.84. The molecule has 0 bridgehead atoms. The first-order chi connectivity index (χ1) is 7.50. The fraction of sp³-hybridized carbons (Fsp3) is 0.364. The van der Waals surface area contributed by atoms with Crippen molar-refractivity contribution in [3.05, 3.63) is 29.3 Å². The van der Waals surface area contributed by atoms with E-state index in [4.69, 9.17) is 5.73 Å². The Morgan fingerprint density at radius 3 is 2.31 bits per heavy atom. The summed E-state index contributed by atoms with van der Waals surface area (Å²) >= 11 is 0. The van der Waals surface area contributed by atoms with Crippen molar-refractivity contribution in [2.24, 2.45) is 0 Å². The maximum Gasteiger partial charge on any atom is 0.254 e. The molecule has 0 aliphatic heterocycles. The minimum atomic E-state index is -0.896. The smallest absolute Gasteiger partial charge is 0.254 e. The Labute approximate surface area is 91.8 Å². The van der Waals surface area contributed by atoms with Crippen LogP contribution in [0.1, 0.15) is 23.2 Å². The standard InChI is InChI=1S/C11H12F2N2O/c1-15(7-2-3-7)11(16)6-4-8(12)10(14)9(13)5-6/h4-5,7H,2-3,14H2,1H3. The molecule has 3 nitrogen and oxygen atoms in total. The molecule has 86 valence electrons. The Kier molecular flexibility index (Phi) is 2.53. The van der Waals surface area contributed by atoms with Gasteiger partial charge in [0.2, 0.25) is 0 Å². The van der Waals surface area contributed by atoms with Crippen LogP contribution < -0.4 is 5.73 Å². The molecule has 1 saturated carbocycles. The van der Waals surface area contributed by atoms with Gasteiger partial charge in [-0.2, -0.15) is 0 Å². The average Bonchev–Trinajstić information content (AvgIpc) is 3.06. The Morgan fingerprint density at radius 1 is 1.38 bits per heavy atom. The van der Waals surface area contributed by atoms with Gasteiger partial charge in [0, 0.05) is 18.7 Å². The molecule has 0 unspecified atom stereocenters. The van der Waals surface area contributed by atoms with Gasteiger partial charge in [-0.15, -0.1) is 0 Å². The lowest BCUT2D eigenvalue weighted by Gasteiger charge is -2.16. The number of benzene rings is 1. The van der Waals surface area contributed by atoms with Gasteiger partial charge in [0.05, 0.1) is 0 Å². The number of nitrogens with zero attached hydrogens (tertiary/aromatic N) is 1. The number of hydrogen-bond acceptors (Lipinski definition) is 2. The van der Waals surface area contributed by atoms with Gasteiger partial charge in [-0.25, -0.2) is 8.78 Å².